The highest BCUT2D eigenvalue weighted by molar-refractivity contribution is 7.89. The molecule has 35 heavy (non-hydrogen) atoms. The van der Waals surface area contributed by atoms with E-state index in [0.717, 1.165) is 32.2 Å². The Morgan fingerprint density at radius 1 is 1.03 bits per heavy atom. The predicted octanol–water partition coefficient (Wildman–Crippen LogP) is 4.27. The number of nitrogens with zero attached hydrogens (tertiary/aromatic N) is 2. The van der Waals surface area contributed by atoms with Gasteiger partial charge in [0.15, 0.2) is 0 Å². The van der Waals surface area contributed by atoms with Crippen LogP contribution in [0.4, 0.5) is 0 Å². The van der Waals surface area contributed by atoms with Crippen LogP contribution in [0.2, 0.25) is 0 Å². The number of rotatable bonds is 6. The van der Waals surface area contributed by atoms with Crippen LogP contribution < -0.4 is 4.74 Å². The van der Waals surface area contributed by atoms with E-state index >= 15 is 0 Å². The van der Waals surface area contributed by atoms with E-state index in [1.54, 1.807) is 35.7 Å². The molecule has 6 nitrogen and oxygen atoms in total. The Kier molecular flexibility index (Phi) is 7.30. The number of allylic oxidation sites excluding steroid dienone is 2. The molecule has 2 aliphatic heterocycles. The third-order valence-electron chi connectivity index (χ3n) is 7.97. The van der Waals surface area contributed by atoms with E-state index in [1.807, 2.05) is 0 Å². The minimum atomic E-state index is -3.65. The number of benzene rings is 2. The first-order valence-electron chi connectivity index (χ1n) is 12.8. The van der Waals surface area contributed by atoms with E-state index in [2.05, 4.69) is 35.2 Å². The summed E-state index contributed by atoms with van der Waals surface area (Å²) in [6.45, 7) is 1.90. The van der Waals surface area contributed by atoms with Gasteiger partial charge < -0.3 is 9.84 Å². The van der Waals surface area contributed by atoms with Crippen molar-refractivity contribution in [2.45, 2.75) is 61.4 Å². The largest absolute Gasteiger partial charge is 0.497 e. The fourth-order valence-corrected chi connectivity index (χ4v) is 7.59. The molecular weight excluding hydrogens is 460 g/mol. The molecule has 1 N–H and O–H groups in total. The highest BCUT2D eigenvalue weighted by Crippen LogP contribution is 2.43. The molecule has 3 aliphatic rings. The number of aliphatic hydroxyl groups excluding tert-OH is 1. The van der Waals surface area contributed by atoms with Crippen LogP contribution in [-0.2, 0) is 10.0 Å². The molecule has 0 unspecified atom stereocenters. The lowest BCUT2D eigenvalue weighted by Gasteiger charge is -2.57. The van der Waals surface area contributed by atoms with E-state index in [4.69, 9.17) is 4.74 Å². The third kappa shape index (κ3) is 4.79. The van der Waals surface area contributed by atoms with Gasteiger partial charge in [-0.2, -0.15) is 4.31 Å². The van der Waals surface area contributed by atoms with Gasteiger partial charge in [-0.25, -0.2) is 8.42 Å². The second-order valence-corrected chi connectivity index (χ2v) is 11.9. The maximum absolute atomic E-state index is 13.6. The quantitative estimate of drug-likeness (QED) is 0.647. The van der Waals surface area contributed by atoms with Gasteiger partial charge in [-0.1, -0.05) is 36.4 Å². The maximum atomic E-state index is 13.6. The Morgan fingerprint density at radius 2 is 1.83 bits per heavy atom. The number of methoxy groups -OCH3 is 1. The van der Waals surface area contributed by atoms with Crippen LogP contribution in [0.5, 0.6) is 5.75 Å². The lowest BCUT2D eigenvalue weighted by Crippen LogP contribution is -2.67. The molecule has 2 aromatic rings. The highest BCUT2D eigenvalue weighted by Gasteiger charge is 2.50. The van der Waals surface area contributed by atoms with Crippen molar-refractivity contribution in [3.05, 3.63) is 65.7 Å². The first kappa shape index (κ1) is 24.5. The molecule has 0 radical (unpaired) electrons. The molecule has 188 valence electrons. The average molecular weight is 497 g/mol. The zero-order chi connectivity index (χ0) is 24.4. The molecule has 2 heterocycles. The number of hydrogen-bond acceptors (Lipinski definition) is 5. The minimum absolute atomic E-state index is 0.0271. The lowest BCUT2D eigenvalue weighted by molar-refractivity contribution is -0.0553. The van der Waals surface area contributed by atoms with Gasteiger partial charge in [0.05, 0.1) is 18.6 Å². The van der Waals surface area contributed by atoms with E-state index in [0.29, 0.717) is 18.8 Å². The smallest absolute Gasteiger partial charge is 0.243 e. The summed E-state index contributed by atoms with van der Waals surface area (Å²) >= 11 is 0. The average Bonchev–Trinajstić information content (AvgIpc) is 2.88. The first-order chi connectivity index (χ1) is 17.0. The zero-order valence-corrected chi connectivity index (χ0v) is 21.3. The van der Waals surface area contributed by atoms with Crippen molar-refractivity contribution in [1.29, 1.82) is 0 Å². The molecule has 0 saturated carbocycles. The molecule has 5 rings (SSSR count). The minimum Gasteiger partial charge on any atom is -0.497 e. The highest BCUT2D eigenvalue weighted by atomic mass is 32.2. The SMILES string of the molecule is COc1cccc(S(=O)(=O)N2CCCCN3[C@@H](CO)[C@@H](c4ccc(C5=CCCCC5)cc4)[C@@H]3C2)c1. The van der Waals surface area contributed by atoms with Gasteiger partial charge in [0, 0.05) is 37.2 Å². The summed E-state index contributed by atoms with van der Waals surface area (Å²) in [5.74, 6) is 0.644. The van der Waals surface area contributed by atoms with Gasteiger partial charge in [-0.15, -0.1) is 0 Å². The monoisotopic (exact) mass is 496 g/mol. The summed E-state index contributed by atoms with van der Waals surface area (Å²) in [7, 11) is -2.11. The fraction of sp³-hybridized carbons (Fsp3) is 0.500. The number of aliphatic hydroxyl groups is 1. The van der Waals surface area contributed by atoms with Crippen molar-refractivity contribution >= 4 is 15.6 Å². The summed E-state index contributed by atoms with van der Waals surface area (Å²) in [6, 6.07) is 15.6. The van der Waals surface area contributed by atoms with E-state index in [-0.39, 0.29) is 29.5 Å². The molecule has 2 fully saturated rings. The summed E-state index contributed by atoms with van der Waals surface area (Å²) < 4.78 is 34.1. The molecule has 2 aromatic carbocycles. The summed E-state index contributed by atoms with van der Waals surface area (Å²) in [4.78, 5) is 2.58. The molecule has 0 amide bonds. The number of hydrogen-bond donors (Lipinski definition) is 1. The fourth-order valence-electron chi connectivity index (χ4n) is 6.06. The Hall–Kier alpha value is -2.19. The molecule has 1 aliphatic carbocycles. The molecule has 7 heteroatoms. The van der Waals surface area contributed by atoms with Gasteiger partial charge in [0.1, 0.15) is 5.75 Å². The van der Waals surface area contributed by atoms with Crippen molar-refractivity contribution in [2.24, 2.45) is 0 Å². The Labute approximate surface area is 209 Å². The summed E-state index contributed by atoms with van der Waals surface area (Å²) in [5.41, 5.74) is 3.90. The van der Waals surface area contributed by atoms with Crippen LogP contribution in [0.25, 0.3) is 5.57 Å². The standard InChI is InChI=1S/C28H36N2O4S/c1-34-24-10-7-11-25(18-24)35(32,33)29-16-5-6-17-30-26(19-29)28(27(30)20-31)23-14-12-22(13-15-23)21-8-3-2-4-9-21/h7-8,10-15,18,26-28,31H,2-6,9,16-17,19-20H2,1H3/t26-,27-,28-/m0/s1. The second-order valence-electron chi connectivity index (χ2n) is 9.93. The van der Waals surface area contributed by atoms with Crippen molar-refractivity contribution in [3.63, 3.8) is 0 Å². The number of ether oxygens (including phenoxy) is 1. The van der Waals surface area contributed by atoms with Gasteiger partial charge >= 0.3 is 0 Å². The molecule has 3 atom stereocenters. The van der Waals surface area contributed by atoms with Crippen LogP contribution in [0.1, 0.15) is 55.6 Å². The molecule has 0 spiro atoms. The van der Waals surface area contributed by atoms with Crippen LogP contribution in [0, 0.1) is 0 Å². The van der Waals surface area contributed by atoms with Crippen molar-refractivity contribution in [1.82, 2.24) is 9.21 Å². The zero-order valence-electron chi connectivity index (χ0n) is 20.5. The van der Waals surface area contributed by atoms with Crippen LogP contribution in [0.3, 0.4) is 0 Å². The van der Waals surface area contributed by atoms with E-state index in [1.165, 1.54) is 29.5 Å². The predicted molar refractivity (Wildman–Crippen MR) is 138 cm³/mol. The Bertz CT molecular complexity index is 1160. The van der Waals surface area contributed by atoms with E-state index < -0.39 is 10.0 Å². The number of sulfonamides is 1. The third-order valence-corrected chi connectivity index (χ3v) is 9.83. The summed E-state index contributed by atoms with van der Waals surface area (Å²) in [6.07, 6.45) is 8.88. The van der Waals surface area contributed by atoms with Crippen LogP contribution >= 0.6 is 0 Å². The van der Waals surface area contributed by atoms with Gasteiger partial charge in [0.25, 0.3) is 0 Å². The van der Waals surface area contributed by atoms with Crippen molar-refractivity contribution < 1.29 is 18.3 Å². The van der Waals surface area contributed by atoms with Gasteiger partial charge in [0.2, 0.25) is 10.0 Å². The van der Waals surface area contributed by atoms with Crippen molar-refractivity contribution in [3.8, 4) is 5.75 Å². The van der Waals surface area contributed by atoms with Gasteiger partial charge in [-0.05, 0) is 73.9 Å². The maximum Gasteiger partial charge on any atom is 0.243 e. The Balaban J connectivity index is 1.41. The number of fused-ring (bicyclic) bond motifs is 1. The van der Waals surface area contributed by atoms with Crippen LogP contribution in [-0.4, -0.2) is 68.2 Å². The molecule has 2 saturated heterocycles. The normalized spacial score (nSPS) is 26.1. The topological polar surface area (TPSA) is 70.1 Å². The first-order valence-corrected chi connectivity index (χ1v) is 14.3. The lowest BCUT2D eigenvalue weighted by atomic mass is 9.74. The van der Waals surface area contributed by atoms with Crippen molar-refractivity contribution in [2.75, 3.05) is 33.4 Å². The summed E-state index contributed by atoms with van der Waals surface area (Å²) in [5, 5.41) is 10.2. The Morgan fingerprint density at radius 3 is 2.54 bits per heavy atom. The van der Waals surface area contributed by atoms with E-state index in [9.17, 15) is 13.5 Å². The second kappa shape index (κ2) is 10.4. The molecule has 0 aromatic heterocycles. The van der Waals surface area contributed by atoms with Crippen LogP contribution in [0.15, 0.2) is 59.5 Å². The molecular formula is C28H36N2O4S. The molecule has 0 bridgehead atoms. The van der Waals surface area contributed by atoms with Gasteiger partial charge in [-0.3, -0.25) is 4.90 Å².